The number of rotatable bonds is 6. The second-order valence-corrected chi connectivity index (χ2v) is 5.59. The van der Waals surface area contributed by atoms with Crippen LogP contribution in [0.15, 0.2) is 6.20 Å². The molecule has 0 radical (unpaired) electrons. The molecule has 0 amide bonds. The lowest BCUT2D eigenvalue weighted by Crippen LogP contribution is -2.22. The van der Waals surface area contributed by atoms with E-state index < -0.39 is 0 Å². The number of hydrogen-bond donors (Lipinski definition) is 0. The van der Waals surface area contributed by atoms with Crippen molar-refractivity contribution in [3.05, 3.63) is 11.1 Å². The number of aryl methyl sites for hydroxylation is 1. The number of esters is 1. The Labute approximate surface area is 117 Å². The van der Waals surface area contributed by atoms with Crippen LogP contribution in [0.3, 0.4) is 0 Å². The number of carbonyl (C=O) groups is 1. The topological polar surface area (TPSA) is 51.7 Å². The Hall–Kier alpha value is -1.14. The number of methoxy groups -OCH3 is 1. The predicted octanol–water partition coefficient (Wildman–Crippen LogP) is 1.86. The molecule has 1 aliphatic heterocycles. The monoisotopic (exact) mass is 284 g/mol. The summed E-state index contributed by atoms with van der Waals surface area (Å²) in [5.41, 5.74) is 0. The molecule has 0 aromatic carbocycles. The molecular formula is C13H20N2O3S. The van der Waals surface area contributed by atoms with Gasteiger partial charge < -0.3 is 14.4 Å². The van der Waals surface area contributed by atoms with E-state index in [1.165, 1.54) is 7.11 Å². The third-order valence-electron chi connectivity index (χ3n) is 3.16. The number of hydrogen-bond acceptors (Lipinski definition) is 6. The molecule has 1 saturated heterocycles. The van der Waals surface area contributed by atoms with E-state index in [9.17, 15) is 4.79 Å². The summed E-state index contributed by atoms with van der Waals surface area (Å²) in [6, 6.07) is 0. The van der Waals surface area contributed by atoms with Gasteiger partial charge in [-0.3, -0.25) is 4.79 Å². The molecule has 6 heteroatoms. The molecule has 1 aromatic rings. The van der Waals surface area contributed by atoms with Crippen molar-refractivity contribution in [3.63, 3.8) is 0 Å². The summed E-state index contributed by atoms with van der Waals surface area (Å²) in [5.74, 6) is -0.174. The maximum Gasteiger partial charge on any atom is 0.305 e. The summed E-state index contributed by atoms with van der Waals surface area (Å²) in [4.78, 5) is 18.9. The van der Waals surface area contributed by atoms with E-state index in [1.54, 1.807) is 11.3 Å². The van der Waals surface area contributed by atoms with Crippen molar-refractivity contribution in [1.29, 1.82) is 0 Å². The van der Waals surface area contributed by atoms with E-state index in [0.717, 1.165) is 36.1 Å². The fraction of sp³-hybridized carbons (Fsp3) is 0.692. The summed E-state index contributed by atoms with van der Waals surface area (Å²) in [6.45, 7) is 4.70. The standard InChI is InChI=1S/C13H20N2O3S/c1-3-18-10-6-7-15(9-10)13-14-8-11(19-13)4-5-12(16)17-2/h8,10H,3-7,9H2,1-2H3/t10-/m0/s1. The summed E-state index contributed by atoms with van der Waals surface area (Å²) in [7, 11) is 1.42. The van der Waals surface area contributed by atoms with Crippen molar-refractivity contribution in [3.8, 4) is 0 Å². The van der Waals surface area contributed by atoms with Crippen LogP contribution in [-0.2, 0) is 20.7 Å². The molecule has 1 fully saturated rings. The third-order valence-corrected chi connectivity index (χ3v) is 4.28. The Balaban J connectivity index is 1.85. The smallest absolute Gasteiger partial charge is 0.305 e. The highest BCUT2D eigenvalue weighted by molar-refractivity contribution is 7.15. The highest BCUT2D eigenvalue weighted by Gasteiger charge is 2.24. The molecule has 5 nitrogen and oxygen atoms in total. The van der Waals surface area contributed by atoms with Gasteiger partial charge in [-0.2, -0.15) is 0 Å². The number of thiazole rings is 1. The van der Waals surface area contributed by atoms with E-state index in [0.29, 0.717) is 18.9 Å². The Morgan fingerprint density at radius 2 is 2.47 bits per heavy atom. The zero-order chi connectivity index (χ0) is 13.7. The molecule has 106 valence electrons. The van der Waals surface area contributed by atoms with Crippen molar-refractivity contribution in [2.75, 3.05) is 31.7 Å². The predicted molar refractivity (Wildman–Crippen MR) is 74.7 cm³/mol. The first-order chi connectivity index (χ1) is 9.22. The van der Waals surface area contributed by atoms with E-state index >= 15 is 0 Å². The first kappa shape index (κ1) is 14.3. The maximum absolute atomic E-state index is 11.1. The average Bonchev–Trinajstić information content (AvgIpc) is 3.05. The zero-order valence-corrected chi connectivity index (χ0v) is 12.2. The Morgan fingerprint density at radius 1 is 1.63 bits per heavy atom. The Bertz CT molecular complexity index is 422. The van der Waals surface area contributed by atoms with Crippen LogP contribution in [0.2, 0.25) is 0 Å². The Kier molecular flexibility index (Phi) is 5.15. The zero-order valence-electron chi connectivity index (χ0n) is 11.4. The number of carbonyl (C=O) groups excluding carboxylic acids is 1. The molecule has 0 spiro atoms. The van der Waals surface area contributed by atoms with Crippen LogP contribution < -0.4 is 4.90 Å². The molecule has 19 heavy (non-hydrogen) atoms. The molecule has 1 aliphatic rings. The van der Waals surface area contributed by atoms with Crippen LogP contribution in [0.5, 0.6) is 0 Å². The minimum absolute atomic E-state index is 0.174. The van der Waals surface area contributed by atoms with Crippen molar-refractivity contribution >= 4 is 22.4 Å². The second-order valence-electron chi connectivity index (χ2n) is 4.50. The van der Waals surface area contributed by atoms with Crippen LogP contribution in [0.4, 0.5) is 5.13 Å². The fourth-order valence-corrected chi connectivity index (χ4v) is 3.10. The lowest BCUT2D eigenvalue weighted by atomic mass is 10.3. The first-order valence-corrected chi connectivity index (χ1v) is 7.42. The van der Waals surface area contributed by atoms with Crippen molar-refractivity contribution in [2.24, 2.45) is 0 Å². The number of nitrogens with zero attached hydrogens (tertiary/aromatic N) is 2. The van der Waals surface area contributed by atoms with E-state index in [1.807, 2.05) is 13.1 Å². The average molecular weight is 284 g/mol. The highest BCUT2D eigenvalue weighted by atomic mass is 32.1. The quantitative estimate of drug-likeness (QED) is 0.746. The molecule has 1 atom stereocenters. The van der Waals surface area contributed by atoms with Crippen LogP contribution in [0.1, 0.15) is 24.6 Å². The van der Waals surface area contributed by atoms with Gasteiger partial charge in [0.15, 0.2) is 5.13 Å². The van der Waals surface area contributed by atoms with E-state index in [-0.39, 0.29) is 5.97 Å². The van der Waals surface area contributed by atoms with Crippen LogP contribution in [0, 0.1) is 0 Å². The highest BCUT2D eigenvalue weighted by Crippen LogP contribution is 2.27. The van der Waals surface area contributed by atoms with E-state index in [4.69, 9.17) is 4.74 Å². The molecule has 0 aliphatic carbocycles. The molecular weight excluding hydrogens is 264 g/mol. The number of anilines is 1. The largest absolute Gasteiger partial charge is 0.469 e. The normalized spacial score (nSPS) is 18.8. The maximum atomic E-state index is 11.1. The molecule has 0 unspecified atom stereocenters. The number of aromatic nitrogens is 1. The first-order valence-electron chi connectivity index (χ1n) is 6.61. The van der Waals surface area contributed by atoms with Gasteiger partial charge >= 0.3 is 5.97 Å². The van der Waals surface area contributed by atoms with Crippen LogP contribution in [-0.4, -0.2) is 43.9 Å². The summed E-state index contributed by atoms with van der Waals surface area (Å²) >= 11 is 1.65. The van der Waals surface area contributed by atoms with Gasteiger partial charge in [-0.15, -0.1) is 11.3 Å². The van der Waals surface area contributed by atoms with Crippen LogP contribution >= 0.6 is 11.3 Å². The summed E-state index contributed by atoms with van der Waals surface area (Å²) in [5, 5.41) is 1.03. The molecule has 0 bridgehead atoms. The minimum Gasteiger partial charge on any atom is -0.469 e. The molecule has 0 N–H and O–H groups in total. The molecule has 0 saturated carbocycles. The lowest BCUT2D eigenvalue weighted by Gasteiger charge is -2.14. The van der Waals surface area contributed by atoms with Gasteiger partial charge in [0.05, 0.1) is 19.6 Å². The van der Waals surface area contributed by atoms with Crippen molar-refractivity contribution in [2.45, 2.75) is 32.3 Å². The van der Waals surface area contributed by atoms with E-state index in [2.05, 4.69) is 14.6 Å². The second kappa shape index (κ2) is 6.86. The summed E-state index contributed by atoms with van der Waals surface area (Å²) < 4.78 is 10.3. The lowest BCUT2D eigenvalue weighted by molar-refractivity contribution is -0.140. The van der Waals surface area contributed by atoms with Gasteiger partial charge in [0.1, 0.15) is 0 Å². The van der Waals surface area contributed by atoms with Gasteiger partial charge in [-0.05, 0) is 19.8 Å². The summed E-state index contributed by atoms with van der Waals surface area (Å²) in [6.07, 6.45) is 4.36. The SMILES string of the molecule is CCO[C@H]1CCN(c2ncc(CCC(=O)OC)s2)C1. The van der Waals surface area contributed by atoms with Gasteiger partial charge in [0.2, 0.25) is 0 Å². The Morgan fingerprint density at radius 3 is 3.21 bits per heavy atom. The fourth-order valence-electron chi connectivity index (χ4n) is 2.16. The van der Waals surface area contributed by atoms with Gasteiger partial charge in [-0.1, -0.05) is 0 Å². The molecule has 2 heterocycles. The number of ether oxygens (including phenoxy) is 2. The van der Waals surface area contributed by atoms with Crippen molar-refractivity contribution < 1.29 is 14.3 Å². The van der Waals surface area contributed by atoms with Gasteiger partial charge in [0, 0.05) is 30.8 Å². The minimum atomic E-state index is -0.174. The van der Waals surface area contributed by atoms with Crippen molar-refractivity contribution in [1.82, 2.24) is 4.98 Å². The third kappa shape index (κ3) is 3.91. The van der Waals surface area contributed by atoms with Crippen LogP contribution in [0.25, 0.3) is 0 Å². The van der Waals surface area contributed by atoms with Gasteiger partial charge in [-0.25, -0.2) is 4.98 Å². The van der Waals surface area contributed by atoms with Gasteiger partial charge in [0.25, 0.3) is 0 Å². The molecule has 1 aromatic heterocycles. The molecule has 2 rings (SSSR count).